The highest BCUT2D eigenvalue weighted by Gasteiger charge is 2.30. The van der Waals surface area contributed by atoms with E-state index in [2.05, 4.69) is 4.90 Å². The van der Waals surface area contributed by atoms with Crippen LogP contribution in [0.2, 0.25) is 0 Å². The average molecular weight is 202 g/mol. The van der Waals surface area contributed by atoms with E-state index in [9.17, 15) is 0 Å². The van der Waals surface area contributed by atoms with E-state index in [1.807, 2.05) is 0 Å². The molecule has 1 nitrogen and oxygen atoms in total. The second kappa shape index (κ2) is 4.65. The van der Waals surface area contributed by atoms with Gasteiger partial charge >= 0.3 is 0 Å². The zero-order valence-electron chi connectivity index (χ0n) is 8.34. The molecule has 0 N–H and O–H groups in total. The van der Waals surface area contributed by atoms with Crippen molar-refractivity contribution >= 4 is 11.6 Å². The first-order chi connectivity index (χ1) is 6.40. The third kappa shape index (κ3) is 2.85. The second-order valence-electron chi connectivity index (χ2n) is 4.57. The van der Waals surface area contributed by atoms with Gasteiger partial charge in [0.1, 0.15) is 0 Å². The summed E-state index contributed by atoms with van der Waals surface area (Å²) >= 11 is 5.81. The summed E-state index contributed by atoms with van der Waals surface area (Å²) in [6, 6.07) is 0.902. The van der Waals surface area contributed by atoms with Crippen molar-refractivity contribution in [1.82, 2.24) is 4.90 Å². The van der Waals surface area contributed by atoms with Gasteiger partial charge in [-0.05, 0) is 31.6 Å². The Morgan fingerprint density at radius 1 is 1.08 bits per heavy atom. The van der Waals surface area contributed by atoms with E-state index in [-0.39, 0.29) is 0 Å². The molecule has 0 bridgehead atoms. The van der Waals surface area contributed by atoms with Crippen LogP contribution in [0.5, 0.6) is 0 Å². The Balaban J connectivity index is 1.74. The first-order valence-corrected chi connectivity index (χ1v) is 6.23. The van der Waals surface area contributed by atoms with Crippen molar-refractivity contribution in [1.29, 1.82) is 0 Å². The van der Waals surface area contributed by atoms with Gasteiger partial charge in [-0.15, -0.1) is 11.6 Å². The molecule has 2 aliphatic rings. The number of rotatable bonds is 5. The molecule has 0 spiro atoms. The molecule has 76 valence electrons. The highest BCUT2D eigenvalue weighted by atomic mass is 35.5. The Bertz CT molecular complexity index is 150. The number of hydrogen-bond acceptors (Lipinski definition) is 1. The lowest BCUT2D eigenvalue weighted by atomic mass is 10.1. The maximum Gasteiger partial charge on any atom is 0.0351 e. The molecule has 2 aliphatic carbocycles. The molecule has 0 atom stereocenters. The monoisotopic (exact) mass is 201 g/mol. The van der Waals surface area contributed by atoms with E-state index in [4.69, 9.17) is 11.6 Å². The topological polar surface area (TPSA) is 3.24 Å². The summed E-state index contributed by atoms with van der Waals surface area (Å²) < 4.78 is 0. The van der Waals surface area contributed by atoms with Gasteiger partial charge in [0.15, 0.2) is 0 Å². The number of alkyl halides is 1. The molecule has 2 heteroatoms. The third-order valence-electron chi connectivity index (χ3n) is 3.40. The minimum atomic E-state index is 0.809. The number of hydrogen-bond donors (Lipinski definition) is 0. The highest BCUT2D eigenvalue weighted by Crippen LogP contribution is 2.31. The van der Waals surface area contributed by atoms with Crippen molar-refractivity contribution in [3.05, 3.63) is 0 Å². The molecule has 13 heavy (non-hydrogen) atoms. The second-order valence-corrected chi connectivity index (χ2v) is 4.94. The summed E-state index contributed by atoms with van der Waals surface area (Å²) in [7, 11) is 0. The average Bonchev–Trinajstić information content (AvgIpc) is 2.85. The van der Waals surface area contributed by atoms with E-state index in [1.165, 1.54) is 45.1 Å². The Morgan fingerprint density at radius 2 is 1.77 bits per heavy atom. The third-order valence-corrected chi connectivity index (χ3v) is 3.57. The van der Waals surface area contributed by atoms with Crippen molar-refractivity contribution < 1.29 is 0 Å². The summed E-state index contributed by atoms with van der Waals surface area (Å²) in [5.41, 5.74) is 0. The van der Waals surface area contributed by atoms with Crippen LogP contribution < -0.4 is 0 Å². The smallest absolute Gasteiger partial charge is 0.0351 e. The van der Waals surface area contributed by atoms with Gasteiger partial charge < -0.3 is 0 Å². The first-order valence-electron chi connectivity index (χ1n) is 5.70. The van der Waals surface area contributed by atoms with Crippen molar-refractivity contribution in [2.24, 2.45) is 5.92 Å². The Hall–Kier alpha value is 0.250. The molecule has 2 saturated carbocycles. The molecule has 0 aromatic rings. The molecule has 0 amide bonds. The molecule has 2 rings (SSSR count). The van der Waals surface area contributed by atoms with E-state index in [0.717, 1.165) is 24.4 Å². The fourth-order valence-electron chi connectivity index (χ4n) is 2.50. The van der Waals surface area contributed by atoms with Crippen molar-refractivity contribution in [2.75, 3.05) is 19.0 Å². The first kappa shape index (κ1) is 9.79. The molecular formula is C11H20ClN. The quantitative estimate of drug-likeness (QED) is 0.619. The molecule has 0 aromatic heterocycles. The summed E-state index contributed by atoms with van der Waals surface area (Å²) in [6.07, 6.45) is 8.69. The van der Waals surface area contributed by atoms with Crippen LogP contribution in [-0.2, 0) is 0 Å². The molecule has 0 radical (unpaired) electrons. The lowest BCUT2D eigenvalue weighted by molar-refractivity contribution is 0.234. The van der Waals surface area contributed by atoms with E-state index < -0.39 is 0 Å². The van der Waals surface area contributed by atoms with Gasteiger partial charge in [0.2, 0.25) is 0 Å². The van der Waals surface area contributed by atoms with E-state index in [1.54, 1.807) is 0 Å². The molecule has 0 saturated heterocycles. The van der Waals surface area contributed by atoms with Crippen LogP contribution in [0.3, 0.4) is 0 Å². The summed E-state index contributed by atoms with van der Waals surface area (Å²) in [4.78, 5) is 2.63. The van der Waals surface area contributed by atoms with E-state index in [0.29, 0.717) is 0 Å². The van der Waals surface area contributed by atoms with Crippen LogP contribution in [0, 0.1) is 5.92 Å². The predicted molar refractivity (Wildman–Crippen MR) is 57.3 cm³/mol. The van der Waals surface area contributed by atoms with Gasteiger partial charge in [0.25, 0.3) is 0 Å². The molecule has 0 unspecified atom stereocenters. The van der Waals surface area contributed by atoms with Crippen molar-refractivity contribution in [3.8, 4) is 0 Å². The van der Waals surface area contributed by atoms with Crippen LogP contribution in [0.25, 0.3) is 0 Å². The van der Waals surface area contributed by atoms with Crippen LogP contribution in [0.1, 0.15) is 38.5 Å². The van der Waals surface area contributed by atoms with Gasteiger partial charge in [0.05, 0.1) is 0 Å². The van der Waals surface area contributed by atoms with Gasteiger partial charge in [-0.2, -0.15) is 0 Å². The Kier molecular flexibility index (Phi) is 3.51. The zero-order chi connectivity index (χ0) is 9.10. The van der Waals surface area contributed by atoms with Crippen molar-refractivity contribution in [3.63, 3.8) is 0 Å². The molecule has 0 aromatic carbocycles. The van der Waals surface area contributed by atoms with Crippen LogP contribution in [-0.4, -0.2) is 29.9 Å². The Morgan fingerprint density at radius 3 is 2.31 bits per heavy atom. The van der Waals surface area contributed by atoms with Crippen molar-refractivity contribution in [2.45, 2.75) is 44.6 Å². The number of halogens is 1. The molecule has 0 heterocycles. The molecular weight excluding hydrogens is 182 g/mol. The highest BCUT2D eigenvalue weighted by molar-refractivity contribution is 6.18. The summed E-state index contributed by atoms with van der Waals surface area (Å²) in [5.74, 6) is 1.80. The Labute approximate surface area is 86.4 Å². The minimum Gasteiger partial charge on any atom is -0.299 e. The fraction of sp³-hybridized carbons (Fsp3) is 1.00. The number of nitrogens with zero attached hydrogens (tertiary/aromatic N) is 1. The lowest BCUT2D eigenvalue weighted by Gasteiger charge is -2.24. The van der Waals surface area contributed by atoms with Crippen LogP contribution in [0.15, 0.2) is 0 Å². The molecule has 2 fully saturated rings. The summed E-state index contributed by atoms with van der Waals surface area (Å²) in [6.45, 7) is 2.44. The van der Waals surface area contributed by atoms with Crippen LogP contribution >= 0.6 is 11.6 Å². The van der Waals surface area contributed by atoms with Gasteiger partial charge in [-0.3, -0.25) is 4.90 Å². The normalized spacial score (nSPS) is 24.5. The lowest BCUT2D eigenvalue weighted by Crippen LogP contribution is -2.32. The predicted octanol–water partition coefficient (Wildman–Crippen LogP) is 2.88. The van der Waals surface area contributed by atoms with E-state index >= 15 is 0 Å². The minimum absolute atomic E-state index is 0.809. The zero-order valence-corrected chi connectivity index (χ0v) is 9.10. The summed E-state index contributed by atoms with van der Waals surface area (Å²) in [5, 5.41) is 0. The molecule has 0 aliphatic heterocycles. The van der Waals surface area contributed by atoms with Gasteiger partial charge in [-0.1, -0.05) is 12.8 Å². The van der Waals surface area contributed by atoms with Crippen LogP contribution in [0.4, 0.5) is 0 Å². The largest absolute Gasteiger partial charge is 0.299 e. The standard InChI is InChI=1S/C11H20ClN/c12-7-8-13(11-5-6-11)9-10-3-1-2-4-10/h10-11H,1-9H2. The maximum atomic E-state index is 5.81. The SMILES string of the molecule is ClCCN(CC1CCCC1)C1CC1. The van der Waals surface area contributed by atoms with Gasteiger partial charge in [-0.25, -0.2) is 0 Å². The fourth-order valence-corrected chi connectivity index (χ4v) is 2.71. The van der Waals surface area contributed by atoms with Gasteiger partial charge in [0, 0.05) is 25.0 Å². The maximum absolute atomic E-state index is 5.81.